The molecular weight excluding hydrogens is 466 g/mol. The van der Waals surface area contributed by atoms with Gasteiger partial charge in [-0.05, 0) is 30.0 Å². The second-order valence-corrected chi connectivity index (χ2v) is 10.8. The molecule has 4 aromatic heterocycles. The van der Waals surface area contributed by atoms with Crippen LogP contribution in [0.4, 0.5) is 0 Å². The molecule has 0 unspecified atom stereocenters. The Morgan fingerprint density at radius 1 is 1.15 bits per heavy atom. The van der Waals surface area contributed by atoms with Gasteiger partial charge in [0.15, 0.2) is 11.0 Å². The van der Waals surface area contributed by atoms with Crippen molar-refractivity contribution in [1.29, 1.82) is 0 Å². The molecule has 174 valence electrons. The quantitative estimate of drug-likeness (QED) is 0.288. The number of fused-ring (bicyclic) bond motifs is 1. The highest BCUT2D eigenvalue weighted by Crippen LogP contribution is 2.32. The number of nitrogens with one attached hydrogen (secondary N) is 1. The standard InChI is InChI=1S/C25H25N5O2S2/c1-5-30-21(15-8-10-16(11-9-15)25(2,3)4)28-29-24(30)34-14-19-26-22(31)20-17(13-33-23(20)27-19)18-7-6-12-32-18/h6-13H,5,14H2,1-4H3,(H,26,27,31). The summed E-state index contributed by atoms with van der Waals surface area (Å²) in [5, 5.41) is 12.1. The Bertz CT molecular complexity index is 1490. The first-order valence-electron chi connectivity index (χ1n) is 11.1. The van der Waals surface area contributed by atoms with Gasteiger partial charge in [-0.2, -0.15) is 0 Å². The molecule has 4 heterocycles. The molecule has 0 aliphatic rings. The monoisotopic (exact) mass is 491 g/mol. The molecule has 0 aliphatic carbocycles. The Kier molecular flexibility index (Phi) is 5.91. The van der Waals surface area contributed by atoms with Crippen LogP contribution in [0.5, 0.6) is 0 Å². The van der Waals surface area contributed by atoms with Gasteiger partial charge in [-0.1, -0.05) is 56.8 Å². The highest BCUT2D eigenvalue weighted by Gasteiger charge is 2.18. The maximum atomic E-state index is 12.8. The van der Waals surface area contributed by atoms with E-state index in [2.05, 4.69) is 76.7 Å². The zero-order valence-electron chi connectivity index (χ0n) is 19.5. The van der Waals surface area contributed by atoms with Crippen LogP contribution in [0, 0.1) is 0 Å². The number of rotatable bonds is 6. The third-order valence-corrected chi connectivity index (χ3v) is 7.51. The van der Waals surface area contributed by atoms with Crippen LogP contribution < -0.4 is 5.56 Å². The molecule has 34 heavy (non-hydrogen) atoms. The average molecular weight is 492 g/mol. The fourth-order valence-corrected chi connectivity index (χ4v) is 5.64. The first kappa shape index (κ1) is 22.6. The van der Waals surface area contributed by atoms with Gasteiger partial charge in [0.2, 0.25) is 0 Å². The van der Waals surface area contributed by atoms with E-state index in [0.717, 1.165) is 28.7 Å². The molecule has 5 aromatic rings. The molecule has 7 nitrogen and oxygen atoms in total. The van der Waals surface area contributed by atoms with Crippen LogP contribution in [0.15, 0.2) is 62.4 Å². The number of furan rings is 1. The minimum Gasteiger partial charge on any atom is -0.464 e. The summed E-state index contributed by atoms with van der Waals surface area (Å²) in [5.74, 6) is 2.60. The van der Waals surface area contributed by atoms with E-state index in [9.17, 15) is 4.79 Å². The normalized spacial score (nSPS) is 12.0. The Morgan fingerprint density at radius 3 is 2.62 bits per heavy atom. The molecule has 0 aliphatic heterocycles. The minimum atomic E-state index is -0.162. The second-order valence-electron chi connectivity index (χ2n) is 8.99. The predicted octanol–water partition coefficient (Wildman–Crippen LogP) is 6.11. The number of thiophene rings is 1. The lowest BCUT2D eigenvalue weighted by atomic mass is 9.87. The van der Waals surface area contributed by atoms with Crippen LogP contribution in [0.1, 0.15) is 39.1 Å². The topological polar surface area (TPSA) is 89.6 Å². The first-order valence-corrected chi connectivity index (χ1v) is 12.9. The minimum absolute atomic E-state index is 0.101. The van der Waals surface area contributed by atoms with E-state index in [1.807, 2.05) is 17.5 Å². The van der Waals surface area contributed by atoms with Gasteiger partial charge >= 0.3 is 0 Å². The largest absolute Gasteiger partial charge is 0.464 e. The van der Waals surface area contributed by atoms with E-state index in [0.29, 0.717) is 27.6 Å². The number of hydrogen-bond acceptors (Lipinski definition) is 7. The van der Waals surface area contributed by atoms with Gasteiger partial charge in [0.05, 0.1) is 17.4 Å². The summed E-state index contributed by atoms with van der Waals surface area (Å²) in [7, 11) is 0. The van der Waals surface area contributed by atoms with Crippen molar-refractivity contribution in [2.24, 2.45) is 0 Å². The van der Waals surface area contributed by atoms with Crippen molar-refractivity contribution in [3.63, 3.8) is 0 Å². The SMILES string of the molecule is CCn1c(SCc2nc3scc(-c4ccco4)c3c(=O)[nH]2)nnc1-c1ccc(C(C)(C)C)cc1. The van der Waals surface area contributed by atoms with Crippen LogP contribution in [0.3, 0.4) is 0 Å². The Labute approximate surface area is 205 Å². The Morgan fingerprint density at radius 2 is 1.94 bits per heavy atom. The third kappa shape index (κ3) is 4.21. The summed E-state index contributed by atoms with van der Waals surface area (Å²) in [5.41, 5.74) is 3.02. The number of nitrogens with zero attached hydrogens (tertiary/aromatic N) is 4. The van der Waals surface area contributed by atoms with Gasteiger partial charge in [0.25, 0.3) is 5.56 Å². The number of thioether (sulfide) groups is 1. The molecule has 5 rings (SSSR count). The lowest BCUT2D eigenvalue weighted by molar-refractivity contribution is 0.583. The summed E-state index contributed by atoms with van der Waals surface area (Å²) in [6.07, 6.45) is 1.60. The van der Waals surface area contributed by atoms with Crippen molar-refractivity contribution in [1.82, 2.24) is 24.7 Å². The molecule has 0 saturated carbocycles. The van der Waals surface area contributed by atoms with Crippen molar-refractivity contribution in [2.45, 2.75) is 50.6 Å². The zero-order valence-corrected chi connectivity index (χ0v) is 21.1. The van der Waals surface area contributed by atoms with E-state index in [-0.39, 0.29) is 11.0 Å². The molecule has 9 heteroatoms. The van der Waals surface area contributed by atoms with Crippen molar-refractivity contribution >= 4 is 33.3 Å². The predicted molar refractivity (Wildman–Crippen MR) is 137 cm³/mol. The van der Waals surface area contributed by atoms with Gasteiger partial charge in [-0.3, -0.25) is 4.79 Å². The van der Waals surface area contributed by atoms with E-state index < -0.39 is 0 Å². The third-order valence-electron chi connectivity index (χ3n) is 5.66. The summed E-state index contributed by atoms with van der Waals surface area (Å²) >= 11 is 2.95. The highest BCUT2D eigenvalue weighted by molar-refractivity contribution is 7.98. The van der Waals surface area contributed by atoms with Gasteiger partial charge in [0, 0.05) is 23.1 Å². The van der Waals surface area contributed by atoms with Crippen LogP contribution >= 0.6 is 23.1 Å². The highest BCUT2D eigenvalue weighted by atomic mass is 32.2. The molecule has 0 fully saturated rings. The first-order chi connectivity index (χ1) is 16.3. The van der Waals surface area contributed by atoms with Crippen LogP contribution in [0.2, 0.25) is 0 Å². The molecule has 1 aromatic carbocycles. The summed E-state index contributed by atoms with van der Waals surface area (Å²) in [6.45, 7) is 9.43. The summed E-state index contributed by atoms with van der Waals surface area (Å²) in [4.78, 5) is 21.1. The fourth-order valence-electron chi connectivity index (χ4n) is 3.82. The number of benzene rings is 1. The second kappa shape index (κ2) is 8.88. The van der Waals surface area contributed by atoms with Crippen molar-refractivity contribution in [3.8, 4) is 22.7 Å². The maximum absolute atomic E-state index is 12.8. The molecule has 0 amide bonds. The van der Waals surface area contributed by atoms with Gasteiger partial charge < -0.3 is 14.0 Å². The summed E-state index contributed by atoms with van der Waals surface area (Å²) in [6, 6.07) is 12.2. The lowest BCUT2D eigenvalue weighted by Gasteiger charge is -2.19. The van der Waals surface area contributed by atoms with E-state index in [4.69, 9.17) is 4.42 Å². The molecule has 0 saturated heterocycles. The van der Waals surface area contributed by atoms with E-state index in [1.54, 1.807) is 6.26 Å². The van der Waals surface area contributed by atoms with Gasteiger partial charge in [-0.25, -0.2) is 4.98 Å². The van der Waals surface area contributed by atoms with E-state index in [1.165, 1.54) is 28.7 Å². The number of hydrogen-bond donors (Lipinski definition) is 1. The van der Waals surface area contributed by atoms with Crippen LogP contribution in [-0.4, -0.2) is 24.7 Å². The van der Waals surface area contributed by atoms with E-state index >= 15 is 0 Å². The van der Waals surface area contributed by atoms with Crippen LogP contribution in [0.25, 0.3) is 32.9 Å². The molecule has 0 atom stereocenters. The number of aromatic nitrogens is 5. The fraction of sp³-hybridized carbons (Fsp3) is 0.280. The Hall–Kier alpha value is -3.17. The Balaban J connectivity index is 1.38. The van der Waals surface area contributed by atoms with Gasteiger partial charge in [-0.15, -0.1) is 21.5 Å². The van der Waals surface area contributed by atoms with Crippen molar-refractivity contribution in [2.75, 3.05) is 0 Å². The maximum Gasteiger partial charge on any atom is 0.260 e. The molecule has 0 spiro atoms. The molecule has 0 bridgehead atoms. The zero-order chi connectivity index (χ0) is 23.9. The smallest absolute Gasteiger partial charge is 0.260 e. The molecule has 0 radical (unpaired) electrons. The average Bonchev–Trinajstić information content (AvgIpc) is 3.56. The van der Waals surface area contributed by atoms with Crippen molar-refractivity contribution < 1.29 is 4.42 Å². The number of H-pyrrole nitrogens is 1. The lowest BCUT2D eigenvalue weighted by Crippen LogP contribution is -2.11. The number of aromatic amines is 1. The molecular formula is C25H25N5O2S2. The van der Waals surface area contributed by atoms with Crippen LogP contribution in [-0.2, 0) is 17.7 Å². The summed E-state index contributed by atoms with van der Waals surface area (Å²) < 4.78 is 7.56. The van der Waals surface area contributed by atoms with Crippen molar-refractivity contribution in [3.05, 3.63) is 69.8 Å². The van der Waals surface area contributed by atoms with Gasteiger partial charge in [0.1, 0.15) is 16.4 Å². The molecule has 1 N–H and O–H groups in total.